The van der Waals surface area contributed by atoms with Crippen LogP contribution >= 0.6 is 43.6 Å². The summed E-state index contributed by atoms with van der Waals surface area (Å²) in [7, 11) is 3.28. The predicted molar refractivity (Wildman–Crippen MR) is 112 cm³/mol. The number of carbonyl (C=O) groups is 1. The quantitative estimate of drug-likeness (QED) is 0.595. The molecule has 0 unspecified atom stereocenters. The highest BCUT2D eigenvalue weighted by Gasteiger charge is 2.30. The molecule has 0 spiro atoms. The Hall–Kier alpha value is -1.77. The van der Waals surface area contributed by atoms with Gasteiger partial charge in [0.25, 0.3) is 5.91 Å². The number of benzene rings is 2. The van der Waals surface area contributed by atoms with Crippen molar-refractivity contribution in [3.8, 4) is 11.5 Å². The van der Waals surface area contributed by atoms with Gasteiger partial charge >= 0.3 is 0 Å². The first kappa shape index (κ1) is 19.0. The van der Waals surface area contributed by atoms with Gasteiger partial charge in [-0.1, -0.05) is 15.9 Å². The molecule has 1 saturated heterocycles. The summed E-state index contributed by atoms with van der Waals surface area (Å²) in [5.41, 5.74) is 1.27. The van der Waals surface area contributed by atoms with Crippen LogP contribution in [0.3, 0.4) is 0 Å². The molecule has 0 radical (unpaired) electrons. The topological polar surface area (TPSA) is 62.1 Å². The number of aliphatic imine (C=N–C) groups is 1. The number of hydrogen-bond donors (Lipinski definition) is 1. The molecule has 5 nitrogen and oxygen atoms in total. The first-order valence-electron chi connectivity index (χ1n) is 7.47. The minimum atomic E-state index is -0.169. The van der Waals surface area contributed by atoms with Crippen molar-refractivity contribution in [3.63, 3.8) is 0 Å². The van der Waals surface area contributed by atoms with Gasteiger partial charge in [-0.2, -0.15) is 0 Å². The van der Waals surface area contributed by atoms with Crippen molar-refractivity contribution >= 4 is 66.5 Å². The number of carbonyl (C=O) groups excluding carboxylic acids is 1. The average molecular weight is 498 g/mol. The van der Waals surface area contributed by atoms with Crippen molar-refractivity contribution in [2.24, 2.45) is 4.99 Å². The van der Waals surface area contributed by atoms with Crippen LogP contribution in [0.2, 0.25) is 0 Å². The molecular formula is C18H14Br2N2O3S. The van der Waals surface area contributed by atoms with Crippen LogP contribution in [0.1, 0.15) is 5.56 Å². The highest BCUT2D eigenvalue weighted by molar-refractivity contribution is 9.11. The number of phenols is 1. The number of amidine groups is 1. The number of methoxy groups -OCH3 is 1. The molecule has 0 aliphatic carbocycles. The number of amides is 1. The number of phenolic OH excluding ortho intramolecular Hbond substituents is 1. The molecule has 3 rings (SSSR count). The fourth-order valence-corrected chi connectivity index (χ4v) is 4.49. The maximum atomic E-state index is 12.5. The van der Waals surface area contributed by atoms with Gasteiger partial charge in [0.15, 0.2) is 5.17 Å². The third-order valence-electron chi connectivity index (χ3n) is 3.65. The first-order chi connectivity index (χ1) is 12.4. The zero-order chi connectivity index (χ0) is 18.8. The predicted octanol–water partition coefficient (Wildman–Crippen LogP) is 5.16. The number of ether oxygens (including phenoxy) is 1. The van der Waals surface area contributed by atoms with Gasteiger partial charge in [0.05, 0.1) is 22.2 Å². The van der Waals surface area contributed by atoms with Gasteiger partial charge in [0.1, 0.15) is 11.5 Å². The molecular weight excluding hydrogens is 484 g/mol. The SMILES string of the molecule is COc1ccc(N=C2S/C(=C\c3cc(Br)cc(Br)c3O)C(=O)N2C)cc1. The van der Waals surface area contributed by atoms with Crippen LogP contribution in [0.15, 0.2) is 55.2 Å². The molecule has 1 N–H and O–H groups in total. The average Bonchev–Trinajstić information content (AvgIpc) is 2.88. The van der Waals surface area contributed by atoms with Crippen LogP contribution < -0.4 is 4.74 Å². The van der Waals surface area contributed by atoms with E-state index in [0.717, 1.165) is 15.9 Å². The number of thioether (sulfide) groups is 1. The second-order valence-electron chi connectivity index (χ2n) is 5.39. The molecule has 1 aliphatic heterocycles. The van der Waals surface area contributed by atoms with Crippen molar-refractivity contribution in [3.05, 3.63) is 55.8 Å². The molecule has 1 aliphatic rings. The molecule has 2 aromatic carbocycles. The van der Waals surface area contributed by atoms with Crippen LogP contribution in [0.25, 0.3) is 6.08 Å². The van der Waals surface area contributed by atoms with Crippen LogP contribution in [0.5, 0.6) is 11.5 Å². The number of halogens is 2. The molecule has 0 atom stereocenters. The summed E-state index contributed by atoms with van der Waals surface area (Å²) in [6, 6.07) is 10.8. The molecule has 0 bridgehead atoms. The number of hydrogen-bond acceptors (Lipinski definition) is 5. The van der Waals surface area contributed by atoms with Gasteiger partial charge in [-0.05, 0) is 70.2 Å². The Bertz CT molecular complexity index is 927. The highest BCUT2D eigenvalue weighted by Crippen LogP contribution is 2.37. The molecule has 8 heteroatoms. The Morgan fingerprint density at radius 1 is 1.23 bits per heavy atom. The van der Waals surface area contributed by atoms with Crippen LogP contribution in [-0.4, -0.2) is 35.2 Å². The van der Waals surface area contributed by atoms with Crippen molar-refractivity contribution in [1.82, 2.24) is 4.90 Å². The Balaban J connectivity index is 1.92. The van der Waals surface area contributed by atoms with E-state index in [0.29, 0.717) is 20.1 Å². The maximum absolute atomic E-state index is 12.5. The Morgan fingerprint density at radius 2 is 1.92 bits per heavy atom. The number of rotatable bonds is 3. The Kier molecular flexibility index (Phi) is 5.74. The Morgan fingerprint density at radius 3 is 2.58 bits per heavy atom. The van der Waals surface area contributed by atoms with Gasteiger partial charge in [-0.25, -0.2) is 4.99 Å². The lowest BCUT2D eigenvalue weighted by Crippen LogP contribution is -2.23. The molecule has 2 aromatic rings. The van der Waals surface area contributed by atoms with E-state index in [2.05, 4.69) is 36.9 Å². The summed E-state index contributed by atoms with van der Waals surface area (Å²) in [6.45, 7) is 0. The lowest BCUT2D eigenvalue weighted by molar-refractivity contribution is -0.121. The van der Waals surface area contributed by atoms with E-state index in [-0.39, 0.29) is 11.7 Å². The number of likely N-dealkylation sites (N-methyl/N-ethyl adjacent to an activating group) is 1. The molecule has 134 valence electrons. The van der Waals surface area contributed by atoms with Crippen molar-refractivity contribution in [1.29, 1.82) is 0 Å². The zero-order valence-electron chi connectivity index (χ0n) is 13.9. The first-order valence-corrected chi connectivity index (χ1v) is 9.87. The van der Waals surface area contributed by atoms with E-state index < -0.39 is 0 Å². The third kappa shape index (κ3) is 3.97. The minimum absolute atomic E-state index is 0.0808. The summed E-state index contributed by atoms with van der Waals surface area (Å²) in [6.07, 6.45) is 1.66. The van der Waals surface area contributed by atoms with Crippen LogP contribution in [0, 0.1) is 0 Å². The fraction of sp³-hybridized carbons (Fsp3) is 0.111. The number of aromatic hydroxyl groups is 1. The normalized spacial score (nSPS) is 17.4. The Labute approximate surface area is 172 Å². The molecule has 0 aromatic heterocycles. The molecule has 1 heterocycles. The van der Waals surface area contributed by atoms with Gasteiger partial charge in [-0.3, -0.25) is 9.69 Å². The van der Waals surface area contributed by atoms with Crippen LogP contribution in [-0.2, 0) is 4.79 Å². The summed E-state index contributed by atoms with van der Waals surface area (Å²) >= 11 is 7.94. The van der Waals surface area contributed by atoms with Gasteiger partial charge in [-0.15, -0.1) is 0 Å². The fourth-order valence-electron chi connectivity index (χ4n) is 2.26. The second-order valence-corrected chi connectivity index (χ2v) is 8.17. The van der Waals surface area contributed by atoms with Gasteiger partial charge < -0.3 is 9.84 Å². The van der Waals surface area contributed by atoms with E-state index in [9.17, 15) is 9.90 Å². The van der Waals surface area contributed by atoms with Gasteiger partial charge in [0, 0.05) is 17.1 Å². The largest absolute Gasteiger partial charge is 0.506 e. The summed E-state index contributed by atoms with van der Waals surface area (Å²) < 4.78 is 6.48. The van der Waals surface area contributed by atoms with Crippen molar-refractivity contribution < 1.29 is 14.6 Å². The molecule has 0 saturated carbocycles. The van der Waals surface area contributed by atoms with E-state index in [1.165, 1.54) is 16.7 Å². The second kappa shape index (κ2) is 7.85. The molecule has 1 fully saturated rings. The monoisotopic (exact) mass is 496 g/mol. The van der Waals surface area contributed by atoms with Crippen LogP contribution in [0.4, 0.5) is 5.69 Å². The smallest absolute Gasteiger partial charge is 0.266 e. The van der Waals surface area contributed by atoms with Crippen molar-refractivity contribution in [2.45, 2.75) is 0 Å². The third-order valence-corrected chi connectivity index (χ3v) is 5.77. The summed E-state index contributed by atoms with van der Waals surface area (Å²) in [5.74, 6) is 0.656. The summed E-state index contributed by atoms with van der Waals surface area (Å²) in [5, 5.41) is 10.8. The number of nitrogens with zero attached hydrogens (tertiary/aromatic N) is 2. The van der Waals surface area contributed by atoms with E-state index in [1.807, 2.05) is 24.3 Å². The molecule has 1 amide bonds. The van der Waals surface area contributed by atoms with E-state index in [1.54, 1.807) is 32.4 Å². The van der Waals surface area contributed by atoms with Crippen molar-refractivity contribution in [2.75, 3.05) is 14.2 Å². The zero-order valence-corrected chi connectivity index (χ0v) is 17.9. The summed E-state index contributed by atoms with van der Waals surface area (Å²) in [4.78, 5) is 19.0. The highest BCUT2D eigenvalue weighted by atomic mass is 79.9. The van der Waals surface area contributed by atoms with Gasteiger partial charge in [0.2, 0.25) is 0 Å². The lowest BCUT2D eigenvalue weighted by atomic mass is 10.2. The molecule has 26 heavy (non-hydrogen) atoms. The lowest BCUT2D eigenvalue weighted by Gasteiger charge is -2.07. The standard InChI is InChI=1S/C18H14Br2N2O3S/c1-22-17(24)15(8-10-7-11(19)9-14(20)16(10)23)26-18(22)21-12-3-5-13(25-2)6-4-12/h3-9,23H,1-2H3/b15-8-,21-18?. The van der Waals surface area contributed by atoms with E-state index >= 15 is 0 Å². The van der Waals surface area contributed by atoms with E-state index in [4.69, 9.17) is 4.74 Å². The maximum Gasteiger partial charge on any atom is 0.266 e. The minimum Gasteiger partial charge on any atom is -0.506 e.